The van der Waals surface area contributed by atoms with Crippen LogP contribution in [0.1, 0.15) is 15.9 Å². The summed E-state index contributed by atoms with van der Waals surface area (Å²) in [7, 11) is 4.35. The molecular weight excluding hydrogens is 366 g/mol. The molecule has 0 spiro atoms. The minimum atomic E-state index is -0.504. The molecular formula is C19H21N3O6. The van der Waals surface area contributed by atoms with E-state index in [4.69, 9.17) is 14.2 Å². The highest BCUT2D eigenvalue weighted by Crippen LogP contribution is 2.38. The van der Waals surface area contributed by atoms with Gasteiger partial charge in [-0.05, 0) is 42.0 Å². The number of hydrogen-bond donors (Lipinski definition) is 3. The SMILES string of the molecule is COc1cc(C(=O)NCC(=O)NN=Cc2ccc(O)cc2)cc(OC)c1OC. The van der Waals surface area contributed by atoms with Gasteiger partial charge in [0.15, 0.2) is 11.5 Å². The molecule has 0 aliphatic rings. The summed E-state index contributed by atoms with van der Waals surface area (Å²) in [5.74, 6) is 0.163. The lowest BCUT2D eigenvalue weighted by molar-refractivity contribution is -0.120. The van der Waals surface area contributed by atoms with Crippen LogP contribution in [0.2, 0.25) is 0 Å². The average Bonchev–Trinajstić information content (AvgIpc) is 2.72. The number of benzene rings is 2. The van der Waals surface area contributed by atoms with Gasteiger partial charge in [-0.25, -0.2) is 5.43 Å². The van der Waals surface area contributed by atoms with Gasteiger partial charge >= 0.3 is 0 Å². The molecule has 2 aromatic carbocycles. The van der Waals surface area contributed by atoms with E-state index in [1.807, 2.05) is 0 Å². The first-order chi connectivity index (χ1) is 13.5. The number of phenolic OH excluding ortho intramolecular Hbond substituents is 1. The van der Waals surface area contributed by atoms with Crippen molar-refractivity contribution < 1.29 is 28.9 Å². The molecule has 28 heavy (non-hydrogen) atoms. The lowest BCUT2D eigenvalue weighted by atomic mass is 10.1. The highest BCUT2D eigenvalue weighted by molar-refractivity contribution is 5.97. The monoisotopic (exact) mass is 387 g/mol. The number of aromatic hydroxyl groups is 1. The minimum absolute atomic E-state index is 0.135. The van der Waals surface area contributed by atoms with Crippen molar-refractivity contribution in [2.24, 2.45) is 5.10 Å². The van der Waals surface area contributed by atoms with Gasteiger partial charge < -0.3 is 24.6 Å². The van der Waals surface area contributed by atoms with Crippen LogP contribution in [0.25, 0.3) is 0 Å². The molecule has 3 N–H and O–H groups in total. The van der Waals surface area contributed by atoms with E-state index in [-0.39, 0.29) is 17.9 Å². The molecule has 0 fully saturated rings. The summed E-state index contributed by atoms with van der Waals surface area (Å²) in [5.41, 5.74) is 3.24. The number of carbonyl (C=O) groups excluding carboxylic acids is 2. The number of amides is 2. The summed E-state index contributed by atoms with van der Waals surface area (Å²) in [6.07, 6.45) is 1.42. The molecule has 2 amide bonds. The van der Waals surface area contributed by atoms with Gasteiger partial charge in [-0.15, -0.1) is 0 Å². The quantitative estimate of drug-likeness (QED) is 0.464. The van der Waals surface area contributed by atoms with Crippen LogP contribution in [0.15, 0.2) is 41.5 Å². The van der Waals surface area contributed by atoms with Crippen molar-refractivity contribution in [1.29, 1.82) is 0 Å². The summed E-state index contributed by atoms with van der Waals surface area (Å²) in [4.78, 5) is 24.1. The largest absolute Gasteiger partial charge is 0.508 e. The number of hydrogen-bond acceptors (Lipinski definition) is 7. The van der Waals surface area contributed by atoms with Gasteiger partial charge in [0.2, 0.25) is 5.75 Å². The van der Waals surface area contributed by atoms with E-state index in [9.17, 15) is 14.7 Å². The van der Waals surface area contributed by atoms with Crippen LogP contribution in [0.3, 0.4) is 0 Å². The zero-order valence-corrected chi connectivity index (χ0v) is 15.7. The lowest BCUT2D eigenvalue weighted by Gasteiger charge is -2.14. The Bertz CT molecular complexity index is 839. The van der Waals surface area contributed by atoms with Crippen molar-refractivity contribution in [3.63, 3.8) is 0 Å². The Kier molecular flexibility index (Phi) is 7.21. The zero-order valence-electron chi connectivity index (χ0n) is 15.7. The van der Waals surface area contributed by atoms with Gasteiger partial charge in [-0.3, -0.25) is 9.59 Å². The van der Waals surface area contributed by atoms with Crippen LogP contribution in [0, 0.1) is 0 Å². The standard InChI is InChI=1S/C19H21N3O6/c1-26-15-8-13(9-16(27-2)18(15)28-3)19(25)20-11-17(24)22-21-10-12-4-6-14(23)7-5-12/h4-10,23H,11H2,1-3H3,(H,20,25)(H,22,24). The summed E-state index contributed by atoms with van der Waals surface area (Å²) < 4.78 is 15.6. The van der Waals surface area contributed by atoms with Crippen LogP contribution in [-0.4, -0.2) is 51.0 Å². The molecule has 2 rings (SSSR count). The second-order valence-corrected chi connectivity index (χ2v) is 5.48. The molecule has 0 atom stereocenters. The van der Waals surface area contributed by atoms with Crippen LogP contribution in [-0.2, 0) is 4.79 Å². The van der Waals surface area contributed by atoms with Gasteiger partial charge in [0.1, 0.15) is 5.75 Å². The van der Waals surface area contributed by atoms with Gasteiger partial charge in [0.05, 0.1) is 34.1 Å². The lowest BCUT2D eigenvalue weighted by Crippen LogP contribution is -2.34. The smallest absolute Gasteiger partial charge is 0.259 e. The molecule has 148 valence electrons. The van der Waals surface area contributed by atoms with Crippen molar-refractivity contribution in [1.82, 2.24) is 10.7 Å². The molecule has 0 aliphatic heterocycles. The van der Waals surface area contributed by atoms with Crippen LogP contribution in [0.5, 0.6) is 23.0 Å². The summed E-state index contributed by atoms with van der Waals surface area (Å²) in [5, 5.41) is 15.5. The maximum Gasteiger partial charge on any atom is 0.259 e. The first kappa shape index (κ1) is 20.6. The fourth-order valence-corrected chi connectivity index (χ4v) is 2.25. The zero-order chi connectivity index (χ0) is 20.5. The highest BCUT2D eigenvalue weighted by atomic mass is 16.5. The molecule has 2 aromatic rings. The number of rotatable bonds is 8. The number of ether oxygens (including phenoxy) is 3. The maximum absolute atomic E-state index is 12.3. The fraction of sp³-hybridized carbons (Fsp3) is 0.211. The van der Waals surface area contributed by atoms with Crippen molar-refractivity contribution in [3.8, 4) is 23.0 Å². The van der Waals surface area contributed by atoms with E-state index in [0.717, 1.165) is 0 Å². The van der Waals surface area contributed by atoms with Crippen LogP contribution >= 0.6 is 0 Å². The molecule has 9 nitrogen and oxygen atoms in total. The average molecular weight is 387 g/mol. The number of carbonyl (C=O) groups is 2. The Morgan fingerprint density at radius 2 is 1.64 bits per heavy atom. The first-order valence-electron chi connectivity index (χ1n) is 8.17. The summed E-state index contributed by atoms with van der Waals surface area (Å²) in [6.45, 7) is -0.275. The molecule has 0 radical (unpaired) electrons. The molecule has 0 aromatic heterocycles. The van der Waals surface area contributed by atoms with Crippen LogP contribution < -0.4 is 25.0 Å². The predicted molar refractivity (Wildman–Crippen MR) is 102 cm³/mol. The number of hydrazone groups is 1. The third kappa shape index (κ3) is 5.37. The van der Waals surface area contributed by atoms with E-state index in [0.29, 0.717) is 22.8 Å². The van der Waals surface area contributed by atoms with Crippen molar-refractivity contribution >= 4 is 18.0 Å². The maximum atomic E-state index is 12.3. The molecule has 0 heterocycles. The topological polar surface area (TPSA) is 118 Å². The number of methoxy groups -OCH3 is 3. The third-order valence-electron chi connectivity index (χ3n) is 3.63. The van der Waals surface area contributed by atoms with Crippen molar-refractivity contribution in [2.45, 2.75) is 0 Å². The van der Waals surface area contributed by atoms with Gasteiger partial charge in [-0.1, -0.05) is 0 Å². The highest BCUT2D eigenvalue weighted by Gasteiger charge is 2.17. The predicted octanol–water partition coefficient (Wildman–Crippen LogP) is 1.30. The Morgan fingerprint density at radius 1 is 1.04 bits per heavy atom. The second kappa shape index (κ2) is 9.81. The van der Waals surface area contributed by atoms with Gasteiger partial charge in [0.25, 0.3) is 11.8 Å². The van der Waals surface area contributed by atoms with Crippen LogP contribution in [0.4, 0.5) is 0 Å². The van der Waals surface area contributed by atoms with Crippen molar-refractivity contribution in [2.75, 3.05) is 27.9 Å². The molecule has 0 saturated carbocycles. The third-order valence-corrected chi connectivity index (χ3v) is 3.63. The van der Waals surface area contributed by atoms with Crippen molar-refractivity contribution in [3.05, 3.63) is 47.5 Å². The number of nitrogens with zero attached hydrogens (tertiary/aromatic N) is 1. The van der Waals surface area contributed by atoms with Gasteiger partial charge in [-0.2, -0.15) is 5.10 Å². The molecule has 0 aliphatic carbocycles. The van der Waals surface area contributed by atoms with E-state index in [1.54, 1.807) is 12.1 Å². The Hall–Kier alpha value is -3.75. The Balaban J connectivity index is 1.94. The number of phenols is 1. The Labute approximate surface area is 161 Å². The molecule has 0 saturated heterocycles. The first-order valence-corrected chi connectivity index (χ1v) is 8.17. The molecule has 0 bridgehead atoms. The second-order valence-electron chi connectivity index (χ2n) is 5.48. The van der Waals surface area contributed by atoms with E-state index >= 15 is 0 Å². The van der Waals surface area contributed by atoms with E-state index in [2.05, 4.69) is 15.8 Å². The minimum Gasteiger partial charge on any atom is -0.508 e. The van der Waals surface area contributed by atoms with E-state index in [1.165, 1.54) is 51.8 Å². The normalized spacial score (nSPS) is 10.4. The molecule has 0 unspecified atom stereocenters. The number of nitrogens with one attached hydrogen (secondary N) is 2. The molecule has 9 heteroatoms. The van der Waals surface area contributed by atoms with E-state index < -0.39 is 11.8 Å². The fourth-order valence-electron chi connectivity index (χ4n) is 2.25. The summed E-state index contributed by atoms with van der Waals surface area (Å²) >= 11 is 0. The Morgan fingerprint density at radius 3 is 2.18 bits per heavy atom. The summed E-state index contributed by atoms with van der Waals surface area (Å²) in [6, 6.07) is 9.24. The van der Waals surface area contributed by atoms with Gasteiger partial charge in [0, 0.05) is 5.56 Å².